The lowest BCUT2D eigenvalue weighted by atomic mass is 9.97. The summed E-state index contributed by atoms with van der Waals surface area (Å²) in [6, 6.07) is 3.21. The molecule has 0 bridgehead atoms. The topological polar surface area (TPSA) is 122 Å². The molecule has 0 aliphatic rings. The van der Waals surface area contributed by atoms with Gasteiger partial charge >= 0.3 is 11.9 Å². The first kappa shape index (κ1) is 23.1. The van der Waals surface area contributed by atoms with E-state index in [1.165, 1.54) is 32.0 Å². The molecule has 0 aliphatic carbocycles. The number of halogens is 1. The second-order valence-corrected chi connectivity index (χ2v) is 6.36. The molecule has 0 saturated heterocycles. The van der Waals surface area contributed by atoms with Gasteiger partial charge in [0.1, 0.15) is 17.9 Å². The number of hydrogen-bond donors (Lipinski definition) is 3. The number of benzene rings is 1. The summed E-state index contributed by atoms with van der Waals surface area (Å²) >= 11 is 0. The van der Waals surface area contributed by atoms with Crippen LogP contribution in [0.4, 0.5) is 4.39 Å². The zero-order valence-corrected chi connectivity index (χ0v) is 16.0. The molecule has 1 aromatic carbocycles. The van der Waals surface area contributed by atoms with Crippen LogP contribution in [-0.4, -0.2) is 47.6 Å². The fraction of sp³-hybridized carbons (Fsp3) is 0.474. The van der Waals surface area contributed by atoms with Gasteiger partial charge in [-0.25, -0.2) is 9.18 Å². The molecule has 0 saturated carbocycles. The summed E-state index contributed by atoms with van der Waals surface area (Å²) in [7, 11) is 0. The van der Waals surface area contributed by atoms with Crippen molar-refractivity contribution in [2.24, 2.45) is 5.92 Å². The first-order chi connectivity index (χ1) is 13.1. The lowest BCUT2D eigenvalue weighted by Crippen LogP contribution is -2.54. The van der Waals surface area contributed by atoms with Crippen molar-refractivity contribution in [2.45, 2.75) is 45.7 Å². The third-order valence-corrected chi connectivity index (χ3v) is 4.00. The van der Waals surface area contributed by atoms with E-state index in [-0.39, 0.29) is 25.0 Å². The Labute approximate surface area is 162 Å². The fourth-order valence-electron chi connectivity index (χ4n) is 2.64. The third-order valence-electron chi connectivity index (χ3n) is 4.00. The monoisotopic (exact) mass is 396 g/mol. The van der Waals surface area contributed by atoms with E-state index in [1.807, 2.05) is 0 Å². The Balaban J connectivity index is 2.93. The van der Waals surface area contributed by atoms with Crippen molar-refractivity contribution in [3.05, 3.63) is 35.6 Å². The molecule has 0 unspecified atom stereocenters. The standard InChI is InChI=1S/C19H25FN2O6/c1-4-28-16(24)9-11(2)17(19(26)27)22-18(25)15(21-12(3)23)10-13-7-5-6-8-14(13)20/h5-8,11,15,17H,4,9-10H2,1-3H3,(H,21,23)(H,22,25)(H,26,27)/t11-,15+,17+/m1/s1. The van der Waals surface area contributed by atoms with Crippen LogP contribution in [0.5, 0.6) is 0 Å². The van der Waals surface area contributed by atoms with E-state index in [9.17, 15) is 28.7 Å². The highest BCUT2D eigenvalue weighted by atomic mass is 19.1. The summed E-state index contributed by atoms with van der Waals surface area (Å²) in [4.78, 5) is 47.2. The molecule has 1 rings (SSSR count). The molecule has 0 aliphatic heterocycles. The average Bonchev–Trinajstić information content (AvgIpc) is 2.60. The maximum atomic E-state index is 13.9. The SMILES string of the molecule is CCOC(=O)C[C@@H](C)[C@H](NC(=O)[C@H](Cc1ccccc1F)NC(C)=O)C(=O)O. The van der Waals surface area contributed by atoms with Gasteiger partial charge in [-0.2, -0.15) is 0 Å². The molecule has 1 aromatic rings. The number of hydrogen-bond acceptors (Lipinski definition) is 5. The van der Waals surface area contributed by atoms with Crippen molar-refractivity contribution in [3.63, 3.8) is 0 Å². The van der Waals surface area contributed by atoms with Gasteiger partial charge in [-0.05, 0) is 24.5 Å². The van der Waals surface area contributed by atoms with E-state index in [2.05, 4.69) is 10.6 Å². The van der Waals surface area contributed by atoms with Crippen LogP contribution in [0.15, 0.2) is 24.3 Å². The Morgan fingerprint density at radius 2 is 1.82 bits per heavy atom. The van der Waals surface area contributed by atoms with Gasteiger partial charge in [-0.1, -0.05) is 25.1 Å². The van der Waals surface area contributed by atoms with E-state index in [0.29, 0.717) is 0 Å². The number of rotatable bonds is 10. The minimum absolute atomic E-state index is 0.156. The lowest BCUT2D eigenvalue weighted by Gasteiger charge is -2.24. The number of carbonyl (C=O) groups is 4. The van der Waals surface area contributed by atoms with Gasteiger partial charge in [-0.15, -0.1) is 0 Å². The number of esters is 1. The fourth-order valence-corrected chi connectivity index (χ4v) is 2.64. The van der Waals surface area contributed by atoms with Gasteiger partial charge in [0.05, 0.1) is 13.0 Å². The van der Waals surface area contributed by atoms with Gasteiger partial charge in [0.15, 0.2) is 0 Å². The summed E-state index contributed by atoms with van der Waals surface area (Å²) in [5.41, 5.74) is 0.197. The Bertz CT molecular complexity index is 724. The van der Waals surface area contributed by atoms with Gasteiger partial charge < -0.3 is 20.5 Å². The minimum Gasteiger partial charge on any atom is -0.480 e. The number of carbonyl (C=O) groups excluding carboxylic acids is 3. The Kier molecular flexibility index (Phi) is 9.07. The second-order valence-electron chi connectivity index (χ2n) is 6.36. The van der Waals surface area contributed by atoms with Crippen molar-refractivity contribution >= 4 is 23.8 Å². The van der Waals surface area contributed by atoms with Crippen LogP contribution >= 0.6 is 0 Å². The number of nitrogens with one attached hydrogen (secondary N) is 2. The molecular formula is C19H25FN2O6. The van der Waals surface area contributed by atoms with Crippen molar-refractivity contribution < 1.29 is 33.4 Å². The van der Waals surface area contributed by atoms with Crippen LogP contribution in [0.1, 0.15) is 32.8 Å². The van der Waals surface area contributed by atoms with Crippen molar-refractivity contribution in [3.8, 4) is 0 Å². The van der Waals surface area contributed by atoms with Crippen LogP contribution in [0.3, 0.4) is 0 Å². The van der Waals surface area contributed by atoms with Crippen LogP contribution in [0.25, 0.3) is 0 Å². The Morgan fingerprint density at radius 1 is 1.18 bits per heavy atom. The highest BCUT2D eigenvalue weighted by molar-refractivity contribution is 5.90. The smallest absolute Gasteiger partial charge is 0.326 e. The van der Waals surface area contributed by atoms with Crippen LogP contribution in [-0.2, 0) is 30.3 Å². The number of amides is 2. The van der Waals surface area contributed by atoms with E-state index >= 15 is 0 Å². The summed E-state index contributed by atoms with van der Waals surface area (Å²) in [6.07, 6.45) is -0.361. The molecular weight excluding hydrogens is 371 g/mol. The number of carboxylic acid groups (broad SMARTS) is 1. The van der Waals surface area contributed by atoms with E-state index in [0.717, 1.165) is 0 Å². The van der Waals surface area contributed by atoms with Crippen LogP contribution < -0.4 is 10.6 Å². The Morgan fingerprint density at radius 3 is 2.36 bits per heavy atom. The minimum atomic E-state index is -1.38. The maximum absolute atomic E-state index is 13.9. The molecule has 154 valence electrons. The first-order valence-electron chi connectivity index (χ1n) is 8.85. The summed E-state index contributed by atoms with van der Waals surface area (Å²) in [6.45, 7) is 4.46. The maximum Gasteiger partial charge on any atom is 0.326 e. The molecule has 0 fully saturated rings. The summed E-state index contributed by atoms with van der Waals surface area (Å²) in [5, 5.41) is 14.1. The van der Waals surface area contributed by atoms with E-state index in [4.69, 9.17) is 4.74 Å². The second kappa shape index (κ2) is 11.0. The normalized spacial score (nSPS) is 13.7. The molecule has 8 nitrogen and oxygen atoms in total. The highest BCUT2D eigenvalue weighted by Crippen LogP contribution is 2.13. The molecule has 0 radical (unpaired) electrons. The molecule has 0 aromatic heterocycles. The molecule has 3 atom stereocenters. The van der Waals surface area contributed by atoms with Crippen molar-refractivity contribution in [2.75, 3.05) is 6.61 Å². The third kappa shape index (κ3) is 7.34. The quantitative estimate of drug-likeness (QED) is 0.508. The van der Waals surface area contributed by atoms with Crippen LogP contribution in [0.2, 0.25) is 0 Å². The summed E-state index contributed by atoms with van der Waals surface area (Å²) < 4.78 is 18.7. The highest BCUT2D eigenvalue weighted by Gasteiger charge is 2.31. The predicted molar refractivity (Wildman–Crippen MR) is 97.7 cm³/mol. The first-order valence-corrected chi connectivity index (χ1v) is 8.85. The molecule has 0 heterocycles. The molecule has 9 heteroatoms. The molecule has 0 spiro atoms. The zero-order chi connectivity index (χ0) is 21.3. The van der Waals surface area contributed by atoms with Gasteiger partial charge in [0.2, 0.25) is 11.8 Å². The number of ether oxygens (including phenoxy) is 1. The molecule has 3 N–H and O–H groups in total. The largest absolute Gasteiger partial charge is 0.480 e. The predicted octanol–water partition coefficient (Wildman–Crippen LogP) is 1.03. The van der Waals surface area contributed by atoms with Crippen molar-refractivity contribution in [1.82, 2.24) is 10.6 Å². The van der Waals surface area contributed by atoms with Crippen molar-refractivity contribution in [1.29, 1.82) is 0 Å². The number of aliphatic carboxylic acids is 1. The summed E-state index contributed by atoms with van der Waals surface area (Å²) in [5.74, 6) is -4.54. The van der Waals surface area contributed by atoms with Gasteiger partial charge in [0, 0.05) is 13.3 Å². The lowest BCUT2D eigenvalue weighted by molar-refractivity contribution is -0.147. The van der Waals surface area contributed by atoms with Gasteiger partial charge in [0.25, 0.3) is 0 Å². The molecule has 28 heavy (non-hydrogen) atoms. The van der Waals surface area contributed by atoms with Gasteiger partial charge in [-0.3, -0.25) is 14.4 Å². The van der Waals surface area contributed by atoms with E-state index in [1.54, 1.807) is 13.0 Å². The molecule has 2 amide bonds. The average molecular weight is 396 g/mol. The van der Waals surface area contributed by atoms with Crippen LogP contribution in [0, 0.1) is 11.7 Å². The Hall–Kier alpha value is -2.97. The number of carboxylic acids is 1. The zero-order valence-electron chi connectivity index (χ0n) is 16.0. The van der Waals surface area contributed by atoms with E-state index < -0.39 is 47.6 Å².